The van der Waals surface area contributed by atoms with Gasteiger partial charge in [-0.1, -0.05) is 6.07 Å². The fourth-order valence-electron chi connectivity index (χ4n) is 1.13. The largest absolute Gasteiger partial charge is 0.312 e. The van der Waals surface area contributed by atoms with E-state index in [1.807, 2.05) is 11.3 Å². The molecule has 0 aromatic carbocycles. The molecule has 0 amide bonds. The van der Waals surface area contributed by atoms with E-state index in [1.165, 1.54) is 24.3 Å². The zero-order valence-corrected chi connectivity index (χ0v) is 7.36. The van der Waals surface area contributed by atoms with E-state index >= 15 is 0 Å². The van der Waals surface area contributed by atoms with Crippen LogP contribution in [0.25, 0.3) is 0 Å². The van der Waals surface area contributed by atoms with Crippen LogP contribution in [0, 0.1) is 5.92 Å². The van der Waals surface area contributed by atoms with Gasteiger partial charge in [0.25, 0.3) is 0 Å². The van der Waals surface area contributed by atoms with Gasteiger partial charge >= 0.3 is 0 Å². The van der Waals surface area contributed by atoms with E-state index in [-0.39, 0.29) is 0 Å². The Bertz CT molecular complexity index is 201. The molecular formula is C9H13NS. The fraction of sp³-hybridized carbons (Fsp3) is 0.556. The molecule has 0 saturated heterocycles. The van der Waals surface area contributed by atoms with Gasteiger partial charge in [-0.05, 0) is 36.8 Å². The van der Waals surface area contributed by atoms with Crippen LogP contribution in [0.15, 0.2) is 17.5 Å². The highest BCUT2D eigenvalue weighted by atomic mass is 32.1. The summed E-state index contributed by atoms with van der Waals surface area (Å²) in [7, 11) is 0. The molecule has 0 atom stereocenters. The Hall–Kier alpha value is -0.340. The molecule has 11 heavy (non-hydrogen) atoms. The maximum absolute atomic E-state index is 3.46. The van der Waals surface area contributed by atoms with Crippen LogP contribution in [-0.4, -0.2) is 6.54 Å². The summed E-state index contributed by atoms with van der Waals surface area (Å²) in [6, 6.07) is 4.30. The van der Waals surface area contributed by atoms with E-state index in [0.717, 1.165) is 12.5 Å². The third-order valence-electron chi connectivity index (χ3n) is 2.01. The van der Waals surface area contributed by atoms with Crippen molar-refractivity contribution in [2.45, 2.75) is 19.4 Å². The zero-order chi connectivity index (χ0) is 7.52. The van der Waals surface area contributed by atoms with Gasteiger partial charge in [0.2, 0.25) is 0 Å². The maximum atomic E-state index is 3.46. The molecule has 1 heterocycles. The Labute approximate surface area is 71.4 Å². The lowest BCUT2D eigenvalue weighted by Gasteiger charge is -1.99. The Morgan fingerprint density at radius 2 is 2.45 bits per heavy atom. The van der Waals surface area contributed by atoms with Gasteiger partial charge in [-0.15, -0.1) is 11.3 Å². The summed E-state index contributed by atoms with van der Waals surface area (Å²) in [6.45, 7) is 2.28. The van der Waals surface area contributed by atoms with Crippen LogP contribution < -0.4 is 5.32 Å². The highest BCUT2D eigenvalue weighted by Gasteiger charge is 2.19. The molecule has 1 nitrogen and oxygen atoms in total. The van der Waals surface area contributed by atoms with Crippen molar-refractivity contribution in [3.63, 3.8) is 0 Å². The number of thiophene rings is 1. The predicted molar refractivity (Wildman–Crippen MR) is 48.7 cm³/mol. The third-order valence-corrected chi connectivity index (χ3v) is 2.89. The quantitative estimate of drug-likeness (QED) is 0.725. The molecule has 60 valence electrons. The van der Waals surface area contributed by atoms with Gasteiger partial charge in [0.1, 0.15) is 0 Å². The molecule has 1 N–H and O–H groups in total. The Kier molecular flexibility index (Phi) is 2.24. The second kappa shape index (κ2) is 3.37. The molecule has 0 aliphatic heterocycles. The standard InChI is InChI=1S/C9H13NS/c1-2-9(11-5-1)7-10-6-8-3-4-8/h1-2,5,8,10H,3-4,6-7H2. The van der Waals surface area contributed by atoms with Gasteiger partial charge in [0.15, 0.2) is 0 Å². The molecule has 1 saturated carbocycles. The van der Waals surface area contributed by atoms with Crippen molar-refractivity contribution in [2.24, 2.45) is 5.92 Å². The highest BCUT2D eigenvalue weighted by molar-refractivity contribution is 7.09. The molecule has 1 fully saturated rings. The average Bonchev–Trinajstić information content (AvgIpc) is 2.66. The number of hydrogen-bond donors (Lipinski definition) is 1. The minimum Gasteiger partial charge on any atom is -0.312 e. The van der Waals surface area contributed by atoms with E-state index in [4.69, 9.17) is 0 Å². The van der Waals surface area contributed by atoms with Crippen molar-refractivity contribution in [1.82, 2.24) is 5.32 Å². The minimum atomic E-state index is 0.995. The molecule has 0 unspecified atom stereocenters. The zero-order valence-electron chi connectivity index (χ0n) is 6.55. The molecule has 0 spiro atoms. The van der Waals surface area contributed by atoms with Crippen LogP contribution >= 0.6 is 11.3 Å². The number of rotatable bonds is 4. The maximum Gasteiger partial charge on any atom is 0.0299 e. The molecule has 2 rings (SSSR count). The van der Waals surface area contributed by atoms with Gasteiger partial charge in [-0.3, -0.25) is 0 Å². The number of nitrogens with one attached hydrogen (secondary N) is 1. The lowest BCUT2D eigenvalue weighted by atomic mass is 10.4. The first-order valence-electron chi connectivity index (χ1n) is 4.18. The lowest BCUT2D eigenvalue weighted by molar-refractivity contribution is 0.643. The van der Waals surface area contributed by atoms with Gasteiger partial charge < -0.3 is 5.32 Å². The van der Waals surface area contributed by atoms with Crippen molar-refractivity contribution < 1.29 is 0 Å². The minimum absolute atomic E-state index is 0.995. The summed E-state index contributed by atoms with van der Waals surface area (Å²) in [5.41, 5.74) is 0. The molecule has 2 heteroatoms. The van der Waals surface area contributed by atoms with Crippen molar-refractivity contribution in [3.8, 4) is 0 Å². The summed E-state index contributed by atoms with van der Waals surface area (Å²) >= 11 is 1.83. The van der Waals surface area contributed by atoms with E-state index in [2.05, 4.69) is 22.8 Å². The normalized spacial score (nSPS) is 17.1. The van der Waals surface area contributed by atoms with Crippen molar-refractivity contribution in [3.05, 3.63) is 22.4 Å². The summed E-state index contributed by atoms with van der Waals surface area (Å²) in [5.74, 6) is 0.995. The summed E-state index contributed by atoms with van der Waals surface area (Å²) in [4.78, 5) is 1.45. The van der Waals surface area contributed by atoms with Crippen LogP contribution in [0.4, 0.5) is 0 Å². The summed E-state index contributed by atoms with van der Waals surface area (Å²) in [6.07, 6.45) is 2.88. The van der Waals surface area contributed by atoms with Crippen molar-refractivity contribution in [1.29, 1.82) is 0 Å². The SMILES string of the molecule is c1csc(CNCC2CC2)c1. The fourth-order valence-corrected chi connectivity index (χ4v) is 1.81. The Morgan fingerprint density at radius 3 is 3.09 bits per heavy atom. The van der Waals surface area contributed by atoms with Crippen molar-refractivity contribution >= 4 is 11.3 Å². The van der Waals surface area contributed by atoms with Crippen molar-refractivity contribution in [2.75, 3.05) is 6.54 Å². The summed E-state index contributed by atoms with van der Waals surface area (Å²) < 4.78 is 0. The van der Waals surface area contributed by atoms with Gasteiger partial charge in [0, 0.05) is 11.4 Å². The molecule has 1 aliphatic carbocycles. The van der Waals surface area contributed by atoms with Gasteiger partial charge in [-0.25, -0.2) is 0 Å². The third kappa shape index (κ3) is 2.31. The Balaban J connectivity index is 1.66. The van der Waals surface area contributed by atoms with E-state index in [9.17, 15) is 0 Å². The predicted octanol–water partition coefficient (Wildman–Crippen LogP) is 2.25. The average molecular weight is 167 g/mol. The first-order chi connectivity index (χ1) is 5.45. The van der Waals surface area contributed by atoms with Crippen LogP contribution in [0.3, 0.4) is 0 Å². The monoisotopic (exact) mass is 167 g/mol. The van der Waals surface area contributed by atoms with E-state index in [1.54, 1.807) is 0 Å². The molecule has 0 bridgehead atoms. The molecular weight excluding hydrogens is 154 g/mol. The van der Waals surface area contributed by atoms with Crippen LogP contribution in [0.2, 0.25) is 0 Å². The molecule has 1 aromatic rings. The lowest BCUT2D eigenvalue weighted by Crippen LogP contribution is -2.15. The summed E-state index contributed by atoms with van der Waals surface area (Å²) in [5, 5.41) is 5.59. The highest BCUT2D eigenvalue weighted by Crippen LogP contribution is 2.27. The first-order valence-corrected chi connectivity index (χ1v) is 5.06. The van der Waals surface area contributed by atoms with Gasteiger partial charge in [0.05, 0.1) is 0 Å². The van der Waals surface area contributed by atoms with Crippen LogP contribution in [0.1, 0.15) is 17.7 Å². The molecule has 0 radical (unpaired) electrons. The van der Waals surface area contributed by atoms with Crippen LogP contribution in [-0.2, 0) is 6.54 Å². The second-order valence-electron chi connectivity index (χ2n) is 3.15. The van der Waals surface area contributed by atoms with Gasteiger partial charge in [-0.2, -0.15) is 0 Å². The Morgan fingerprint density at radius 1 is 1.55 bits per heavy atom. The second-order valence-corrected chi connectivity index (χ2v) is 4.19. The number of hydrogen-bond acceptors (Lipinski definition) is 2. The molecule has 1 aromatic heterocycles. The van der Waals surface area contributed by atoms with E-state index in [0.29, 0.717) is 0 Å². The smallest absolute Gasteiger partial charge is 0.0299 e. The van der Waals surface area contributed by atoms with Crippen LogP contribution in [0.5, 0.6) is 0 Å². The first kappa shape index (κ1) is 7.32. The van der Waals surface area contributed by atoms with E-state index < -0.39 is 0 Å². The molecule has 1 aliphatic rings. The topological polar surface area (TPSA) is 12.0 Å².